The topological polar surface area (TPSA) is 124 Å². The van der Waals surface area contributed by atoms with E-state index in [0.29, 0.717) is 28.8 Å². The molecule has 0 radical (unpaired) electrons. The van der Waals surface area contributed by atoms with Crippen LogP contribution in [0, 0.1) is 0 Å². The lowest BCUT2D eigenvalue weighted by atomic mass is 10.1. The molecule has 0 spiro atoms. The number of likely N-dealkylation sites (N-methyl/N-ethyl adjacent to an activating group) is 1. The molecular formula is C20H22N4O5S. The summed E-state index contributed by atoms with van der Waals surface area (Å²) in [6.07, 6.45) is 2.02. The number of aromatic amines is 2. The van der Waals surface area contributed by atoms with Gasteiger partial charge in [0, 0.05) is 31.5 Å². The number of carbonyl (C=O) groups is 1. The first-order chi connectivity index (χ1) is 14.3. The lowest BCUT2D eigenvalue weighted by Crippen LogP contribution is -2.34. The Morgan fingerprint density at radius 2 is 1.90 bits per heavy atom. The predicted octanol–water partition coefficient (Wildman–Crippen LogP) is 1.91. The molecule has 1 aromatic heterocycles. The number of rotatable bonds is 6. The fraction of sp³-hybridized carbons (Fsp3) is 0.300. The first-order valence-corrected chi connectivity index (χ1v) is 11.0. The Bertz CT molecular complexity index is 1220. The van der Waals surface area contributed by atoms with E-state index >= 15 is 0 Å². The van der Waals surface area contributed by atoms with E-state index in [-0.39, 0.29) is 16.9 Å². The van der Waals surface area contributed by atoms with Crippen molar-refractivity contribution in [2.75, 3.05) is 24.9 Å². The molecule has 4 rings (SSSR count). The molecule has 0 aliphatic carbocycles. The monoisotopic (exact) mass is 430 g/mol. The van der Waals surface area contributed by atoms with Crippen LogP contribution in [0.1, 0.15) is 23.2 Å². The molecule has 0 bridgehead atoms. The predicted molar refractivity (Wildman–Crippen MR) is 112 cm³/mol. The molecule has 1 atom stereocenters. The van der Waals surface area contributed by atoms with E-state index < -0.39 is 15.7 Å². The van der Waals surface area contributed by atoms with Crippen molar-refractivity contribution in [2.24, 2.45) is 0 Å². The fourth-order valence-corrected chi connectivity index (χ4v) is 4.56. The largest absolute Gasteiger partial charge is 0.376 e. The highest BCUT2D eigenvalue weighted by Gasteiger charge is 2.21. The third-order valence-electron chi connectivity index (χ3n) is 5.03. The van der Waals surface area contributed by atoms with Crippen LogP contribution in [-0.4, -0.2) is 55.5 Å². The summed E-state index contributed by atoms with van der Waals surface area (Å²) in [5.41, 5.74) is 1.31. The van der Waals surface area contributed by atoms with E-state index in [1.54, 1.807) is 36.2 Å². The lowest BCUT2D eigenvalue weighted by molar-refractivity contribution is 0.0587. The van der Waals surface area contributed by atoms with E-state index in [1.165, 1.54) is 18.2 Å². The van der Waals surface area contributed by atoms with Crippen molar-refractivity contribution in [1.29, 1.82) is 0 Å². The highest BCUT2D eigenvalue weighted by atomic mass is 32.2. The minimum Gasteiger partial charge on any atom is -0.376 e. The van der Waals surface area contributed by atoms with Crippen molar-refractivity contribution in [3.8, 4) is 0 Å². The van der Waals surface area contributed by atoms with Crippen LogP contribution in [0.3, 0.4) is 0 Å². The van der Waals surface area contributed by atoms with Crippen LogP contribution in [0.25, 0.3) is 11.0 Å². The van der Waals surface area contributed by atoms with Crippen molar-refractivity contribution in [2.45, 2.75) is 23.8 Å². The Balaban J connectivity index is 1.46. The summed E-state index contributed by atoms with van der Waals surface area (Å²) in [5.74, 6) is -0.151. The standard InChI is InChI=1S/C20H22N4O5S/c1-24(12-15-3-2-10-29-15)19(25)13-4-6-14(7-5-13)23-30(27,28)16-8-9-17-18(11-16)22-20(26)21-17/h4-9,11,15,23H,2-3,10,12H2,1H3,(H2,21,22,26). The fourth-order valence-electron chi connectivity index (χ4n) is 3.47. The zero-order valence-electron chi connectivity index (χ0n) is 16.3. The Labute approximate surface area is 173 Å². The molecule has 1 aliphatic heterocycles. The van der Waals surface area contributed by atoms with Gasteiger partial charge in [0.1, 0.15) is 0 Å². The molecule has 1 saturated heterocycles. The van der Waals surface area contributed by atoms with Crippen LogP contribution in [-0.2, 0) is 14.8 Å². The Hall–Kier alpha value is -3.11. The van der Waals surface area contributed by atoms with Gasteiger partial charge in [-0.3, -0.25) is 9.52 Å². The number of fused-ring (bicyclic) bond motifs is 1. The number of nitrogens with one attached hydrogen (secondary N) is 3. The molecule has 1 fully saturated rings. The van der Waals surface area contributed by atoms with E-state index in [2.05, 4.69) is 14.7 Å². The molecule has 0 saturated carbocycles. The number of hydrogen-bond donors (Lipinski definition) is 3. The Kier molecular flexibility index (Phi) is 5.35. The van der Waals surface area contributed by atoms with E-state index in [4.69, 9.17) is 4.74 Å². The van der Waals surface area contributed by atoms with Crippen molar-refractivity contribution in [1.82, 2.24) is 14.9 Å². The summed E-state index contributed by atoms with van der Waals surface area (Å²) in [5, 5.41) is 0. The lowest BCUT2D eigenvalue weighted by Gasteiger charge is -2.21. The smallest absolute Gasteiger partial charge is 0.323 e. The minimum atomic E-state index is -3.86. The molecule has 1 amide bonds. The Morgan fingerprint density at radius 1 is 1.17 bits per heavy atom. The number of carbonyl (C=O) groups excluding carboxylic acids is 1. The van der Waals surface area contributed by atoms with Gasteiger partial charge in [0.05, 0.1) is 22.0 Å². The number of benzene rings is 2. The average molecular weight is 430 g/mol. The molecule has 10 heteroatoms. The van der Waals surface area contributed by atoms with Crippen LogP contribution in [0.15, 0.2) is 52.2 Å². The second kappa shape index (κ2) is 7.96. The van der Waals surface area contributed by atoms with Crippen molar-refractivity contribution >= 4 is 32.7 Å². The van der Waals surface area contributed by atoms with Crippen LogP contribution in [0.5, 0.6) is 0 Å². The third kappa shape index (κ3) is 4.24. The van der Waals surface area contributed by atoms with Crippen molar-refractivity contribution < 1.29 is 17.9 Å². The number of ether oxygens (including phenoxy) is 1. The van der Waals surface area contributed by atoms with Gasteiger partial charge in [0.2, 0.25) is 0 Å². The normalized spacial score (nSPS) is 16.6. The molecule has 3 aromatic rings. The van der Waals surface area contributed by atoms with Crippen LogP contribution in [0.4, 0.5) is 5.69 Å². The maximum Gasteiger partial charge on any atom is 0.323 e. The summed E-state index contributed by atoms with van der Waals surface area (Å²) < 4.78 is 33.4. The SMILES string of the molecule is CN(CC1CCCO1)C(=O)c1ccc(NS(=O)(=O)c2ccc3[nH]c(=O)[nH]c3c2)cc1. The van der Waals surface area contributed by atoms with Gasteiger partial charge in [-0.15, -0.1) is 0 Å². The van der Waals surface area contributed by atoms with Crippen LogP contribution in [0.2, 0.25) is 0 Å². The Morgan fingerprint density at radius 3 is 2.60 bits per heavy atom. The number of nitrogens with zero attached hydrogens (tertiary/aromatic N) is 1. The summed E-state index contributed by atoms with van der Waals surface area (Å²) >= 11 is 0. The van der Waals surface area contributed by atoms with Crippen molar-refractivity contribution in [3.05, 3.63) is 58.5 Å². The molecular weight excluding hydrogens is 408 g/mol. The number of hydrogen-bond acceptors (Lipinski definition) is 5. The number of aromatic nitrogens is 2. The summed E-state index contributed by atoms with van der Waals surface area (Å²) in [6, 6.07) is 10.6. The number of anilines is 1. The molecule has 1 unspecified atom stereocenters. The number of H-pyrrole nitrogens is 2. The first-order valence-electron chi connectivity index (χ1n) is 9.54. The van der Waals surface area contributed by atoms with E-state index in [9.17, 15) is 18.0 Å². The van der Waals surface area contributed by atoms with Gasteiger partial charge in [-0.2, -0.15) is 0 Å². The minimum absolute atomic E-state index is 0.0155. The summed E-state index contributed by atoms with van der Waals surface area (Å²) in [6.45, 7) is 1.26. The zero-order valence-corrected chi connectivity index (χ0v) is 17.2. The van der Waals surface area contributed by atoms with Crippen LogP contribution >= 0.6 is 0 Å². The highest BCUT2D eigenvalue weighted by molar-refractivity contribution is 7.92. The van der Waals surface area contributed by atoms with Gasteiger partial charge in [-0.25, -0.2) is 13.2 Å². The molecule has 9 nitrogen and oxygen atoms in total. The second-order valence-corrected chi connectivity index (χ2v) is 8.97. The van der Waals surface area contributed by atoms with Gasteiger partial charge < -0.3 is 19.6 Å². The number of sulfonamides is 1. The van der Waals surface area contributed by atoms with Crippen LogP contribution < -0.4 is 10.4 Å². The van der Waals surface area contributed by atoms with E-state index in [1.807, 2.05) is 0 Å². The number of amides is 1. The molecule has 158 valence electrons. The first kappa shape index (κ1) is 20.2. The maximum atomic E-state index is 12.7. The van der Waals surface area contributed by atoms with Gasteiger partial charge in [-0.1, -0.05) is 0 Å². The summed E-state index contributed by atoms with van der Waals surface area (Å²) in [7, 11) is -2.13. The van der Waals surface area contributed by atoms with Crippen molar-refractivity contribution in [3.63, 3.8) is 0 Å². The molecule has 2 aromatic carbocycles. The quantitative estimate of drug-likeness (QED) is 0.551. The van der Waals surface area contributed by atoms with Gasteiger partial charge in [-0.05, 0) is 55.3 Å². The average Bonchev–Trinajstić information content (AvgIpc) is 3.35. The van der Waals surface area contributed by atoms with Gasteiger partial charge in [0.25, 0.3) is 15.9 Å². The maximum absolute atomic E-state index is 12.7. The van der Waals surface area contributed by atoms with Gasteiger partial charge >= 0.3 is 5.69 Å². The second-order valence-electron chi connectivity index (χ2n) is 7.29. The number of imidazole rings is 1. The molecule has 1 aliphatic rings. The van der Waals surface area contributed by atoms with Gasteiger partial charge in [0.15, 0.2) is 0 Å². The van der Waals surface area contributed by atoms with E-state index in [0.717, 1.165) is 19.4 Å². The molecule has 30 heavy (non-hydrogen) atoms. The molecule has 2 heterocycles. The highest BCUT2D eigenvalue weighted by Crippen LogP contribution is 2.20. The molecule has 3 N–H and O–H groups in total. The third-order valence-corrected chi connectivity index (χ3v) is 6.41. The summed E-state index contributed by atoms with van der Waals surface area (Å²) in [4.78, 5) is 30.7. The zero-order chi connectivity index (χ0) is 21.3.